The Kier molecular flexibility index (Phi) is 4.20. The summed E-state index contributed by atoms with van der Waals surface area (Å²) in [5.41, 5.74) is 0.986. The molecule has 15 heavy (non-hydrogen) atoms. The fraction of sp³-hybridized carbons (Fsp3) is 0.455. The number of rotatable bonds is 4. The third-order valence-corrected chi connectivity index (χ3v) is 2.25. The quantitative estimate of drug-likeness (QED) is 0.691. The van der Waals surface area contributed by atoms with Crippen molar-refractivity contribution in [3.05, 3.63) is 35.1 Å². The smallest absolute Gasteiger partial charge is 0.129 e. The SMILES string of the molecule is CNCC(O)C(O)c1cc(C)ccc1F. The molecule has 1 rings (SSSR count). The predicted molar refractivity (Wildman–Crippen MR) is 56.0 cm³/mol. The molecule has 1 aromatic rings. The van der Waals surface area contributed by atoms with Crippen molar-refractivity contribution >= 4 is 0 Å². The van der Waals surface area contributed by atoms with Crippen LogP contribution in [-0.2, 0) is 0 Å². The summed E-state index contributed by atoms with van der Waals surface area (Å²) in [5.74, 6) is -0.497. The largest absolute Gasteiger partial charge is 0.389 e. The fourth-order valence-corrected chi connectivity index (χ4v) is 1.42. The van der Waals surface area contributed by atoms with E-state index in [0.717, 1.165) is 5.56 Å². The van der Waals surface area contributed by atoms with Gasteiger partial charge in [0.15, 0.2) is 0 Å². The van der Waals surface area contributed by atoms with Crippen molar-refractivity contribution in [2.75, 3.05) is 13.6 Å². The van der Waals surface area contributed by atoms with Gasteiger partial charge in [0.25, 0.3) is 0 Å². The molecule has 2 unspecified atom stereocenters. The van der Waals surface area contributed by atoms with E-state index in [1.54, 1.807) is 26.1 Å². The van der Waals surface area contributed by atoms with Crippen LogP contribution >= 0.6 is 0 Å². The monoisotopic (exact) mass is 213 g/mol. The lowest BCUT2D eigenvalue weighted by Gasteiger charge is -2.18. The zero-order chi connectivity index (χ0) is 11.4. The van der Waals surface area contributed by atoms with E-state index < -0.39 is 18.0 Å². The second-order valence-corrected chi connectivity index (χ2v) is 3.59. The molecule has 3 nitrogen and oxygen atoms in total. The Bertz CT molecular complexity index is 330. The Hall–Kier alpha value is -0.970. The molecule has 0 radical (unpaired) electrons. The third kappa shape index (κ3) is 2.99. The van der Waals surface area contributed by atoms with E-state index >= 15 is 0 Å². The van der Waals surface area contributed by atoms with Crippen molar-refractivity contribution < 1.29 is 14.6 Å². The van der Waals surface area contributed by atoms with E-state index in [4.69, 9.17) is 0 Å². The van der Waals surface area contributed by atoms with Crippen molar-refractivity contribution in [1.29, 1.82) is 0 Å². The van der Waals surface area contributed by atoms with Gasteiger partial charge in [0.05, 0.1) is 6.10 Å². The Labute approximate surface area is 88.6 Å². The molecule has 2 atom stereocenters. The molecule has 0 fully saturated rings. The van der Waals surface area contributed by atoms with Gasteiger partial charge in [0.2, 0.25) is 0 Å². The molecule has 0 heterocycles. The maximum Gasteiger partial charge on any atom is 0.129 e. The Morgan fingerprint density at radius 2 is 2.07 bits per heavy atom. The highest BCUT2D eigenvalue weighted by Crippen LogP contribution is 2.21. The van der Waals surface area contributed by atoms with Crippen LogP contribution in [0, 0.1) is 12.7 Å². The minimum Gasteiger partial charge on any atom is -0.389 e. The lowest BCUT2D eigenvalue weighted by atomic mass is 10.0. The molecular formula is C11H16FNO2. The van der Waals surface area contributed by atoms with E-state index in [1.165, 1.54) is 6.07 Å². The average Bonchev–Trinajstić information content (AvgIpc) is 2.21. The van der Waals surface area contributed by atoms with Gasteiger partial charge in [-0.3, -0.25) is 0 Å². The molecule has 0 amide bonds. The zero-order valence-electron chi connectivity index (χ0n) is 8.87. The van der Waals surface area contributed by atoms with Crippen molar-refractivity contribution in [1.82, 2.24) is 5.32 Å². The van der Waals surface area contributed by atoms with E-state index in [1.807, 2.05) is 0 Å². The number of aryl methyl sites for hydroxylation is 1. The standard InChI is InChI=1S/C11H16FNO2/c1-7-3-4-9(12)8(5-7)11(15)10(14)6-13-2/h3-5,10-11,13-15H,6H2,1-2H3. The summed E-state index contributed by atoms with van der Waals surface area (Å²) in [5, 5.41) is 21.9. The average molecular weight is 213 g/mol. The first-order valence-corrected chi connectivity index (χ1v) is 4.83. The summed E-state index contributed by atoms with van der Waals surface area (Å²) in [4.78, 5) is 0. The summed E-state index contributed by atoms with van der Waals surface area (Å²) in [6.45, 7) is 2.02. The van der Waals surface area contributed by atoms with Crippen LogP contribution in [0.25, 0.3) is 0 Å². The van der Waals surface area contributed by atoms with Crippen molar-refractivity contribution in [3.63, 3.8) is 0 Å². The van der Waals surface area contributed by atoms with E-state index in [9.17, 15) is 14.6 Å². The molecule has 4 heteroatoms. The molecule has 0 aromatic heterocycles. The highest BCUT2D eigenvalue weighted by molar-refractivity contribution is 5.26. The summed E-state index contributed by atoms with van der Waals surface area (Å²) in [6, 6.07) is 4.45. The summed E-state index contributed by atoms with van der Waals surface area (Å²) in [7, 11) is 1.66. The van der Waals surface area contributed by atoms with Crippen LogP contribution in [0.2, 0.25) is 0 Å². The van der Waals surface area contributed by atoms with Gasteiger partial charge >= 0.3 is 0 Å². The fourth-order valence-electron chi connectivity index (χ4n) is 1.42. The first-order chi connectivity index (χ1) is 7.06. The summed E-state index contributed by atoms with van der Waals surface area (Å²) >= 11 is 0. The lowest BCUT2D eigenvalue weighted by Crippen LogP contribution is -2.30. The highest BCUT2D eigenvalue weighted by atomic mass is 19.1. The topological polar surface area (TPSA) is 52.5 Å². The van der Waals surface area contributed by atoms with Gasteiger partial charge in [0, 0.05) is 12.1 Å². The number of hydrogen-bond acceptors (Lipinski definition) is 3. The summed E-state index contributed by atoms with van der Waals surface area (Å²) < 4.78 is 13.3. The molecule has 0 aliphatic carbocycles. The van der Waals surface area contributed by atoms with Crippen LogP contribution in [-0.4, -0.2) is 29.9 Å². The van der Waals surface area contributed by atoms with Crippen LogP contribution < -0.4 is 5.32 Å². The van der Waals surface area contributed by atoms with Gasteiger partial charge in [-0.1, -0.05) is 17.7 Å². The molecule has 0 bridgehead atoms. The second-order valence-electron chi connectivity index (χ2n) is 3.59. The molecule has 0 spiro atoms. The van der Waals surface area contributed by atoms with E-state index in [2.05, 4.69) is 5.32 Å². The number of nitrogens with one attached hydrogen (secondary N) is 1. The first kappa shape index (κ1) is 12.1. The molecule has 0 aliphatic rings. The van der Waals surface area contributed by atoms with Gasteiger partial charge in [-0.05, 0) is 20.0 Å². The van der Waals surface area contributed by atoms with Gasteiger partial charge in [0.1, 0.15) is 11.9 Å². The lowest BCUT2D eigenvalue weighted by molar-refractivity contribution is 0.0181. The highest BCUT2D eigenvalue weighted by Gasteiger charge is 2.20. The molecule has 84 valence electrons. The number of aliphatic hydroxyl groups excluding tert-OH is 2. The van der Waals surface area contributed by atoms with Gasteiger partial charge < -0.3 is 15.5 Å². The van der Waals surface area contributed by atoms with Crippen LogP contribution in [0.5, 0.6) is 0 Å². The van der Waals surface area contributed by atoms with Crippen LogP contribution in [0.3, 0.4) is 0 Å². The Morgan fingerprint density at radius 1 is 1.40 bits per heavy atom. The van der Waals surface area contributed by atoms with Gasteiger partial charge in [-0.2, -0.15) is 0 Å². The Morgan fingerprint density at radius 3 is 2.67 bits per heavy atom. The molecule has 1 aromatic carbocycles. The maximum atomic E-state index is 13.3. The molecular weight excluding hydrogens is 197 g/mol. The molecule has 0 saturated heterocycles. The Balaban J connectivity index is 2.89. The number of likely N-dealkylation sites (N-methyl/N-ethyl adjacent to an activating group) is 1. The third-order valence-electron chi connectivity index (χ3n) is 2.25. The van der Waals surface area contributed by atoms with Crippen molar-refractivity contribution in [2.45, 2.75) is 19.1 Å². The van der Waals surface area contributed by atoms with Gasteiger partial charge in [-0.15, -0.1) is 0 Å². The van der Waals surface area contributed by atoms with Gasteiger partial charge in [-0.25, -0.2) is 4.39 Å². The van der Waals surface area contributed by atoms with E-state index in [0.29, 0.717) is 0 Å². The maximum absolute atomic E-state index is 13.3. The van der Waals surface area contributed by atoms with Crippen molar-refractivity contribution in [3.8, 4) is 0 Å². The van der Waals surface area contributed by atoms with Crippen LogP contribution in [0.4, 0.5) is 4.39 Å². The normalized spacial score (nSPS) is 15.0. The molecule has 3 N–H and O–H groups in total. The number of hydrogen-bond donors (Lipinski definition) is 3. The zero-order valence-corrected chi connectivity index (χ0v) is 8.87. The molecule has 0 saturated carbocycles. The number of halogens is 1. The first-order valence-electron chi connectivity index (χ1n) is 4.83. The second kappa shape index (κ2) is 5.21. The van der Waals surface area contributed by atoms with Crippen LogP contribution in [0.1, 0.15) is 17.2 Å². The number of benzene rings is 1. The van der Waals surface area contributed by atoms with Crippen LogP contribution in [0.15, 0.2) is 18.2 Å². The molecule has 0 aliphatic heterocycles. The predicted octanol–water partition coefficient (Wildman–Crippen LogP) is 0.748. The number of aliphatic hydroxyl groups is 2. The van der Waals surface area contributed by atoms with Crippen molar-refractivity contribution in [2.24, 2.45) is 0 Å². The summed E-state index contributed by atoms with van der Waals surface area (Å²) in [6.07, 6.45) is -2.20. The minimum atomic E-state index is -1.20. The minimum absolute atomic E-state index is 0.137. The van der Waals surface area contributed by atoms with E-state index in [-0.39, 0.29) is 12.1 Å².